The molecule has 1 aliphatic heterocycles. The van der Waals surface area contributed by atoms with Crippen LogP contribution in [0.5, 0.6) is 0 Å². The van der Waals surface area contributed by atoms with Crippen LogP contribution in [0.1, 0.15) is 61.1 Å². The highest BCUT2D eigenvalue weighted by Gasteiger charge is 2.27. The zero-order chi connectivity index (χ0) is 17.5. The van der Waals surface area contributed by atoms with Crippen LogP contribution in [0.2, 0.25) is 0 Å². The number of nitrogens with zero attached hydrogens (tertiary/aromatic N) is 4. The van der Waals surface area contributed by atoms with Crippen molar-refractivity contribution in [3.05, 3.63) is 45.5 Å². The van der Waals surface area contributed by atoms with Gasteiger partial charge in [-0.15, -0.1) is 0 Å². The monoisotopic (exact) mass is 354 g/mol. The van der Waals surface area contributed by atoms with Gasteiger partial charge in [0.15, 0.2) is 0 Å². The molecule has 1 saturated heterocycles. The van der Waals surface area contributed by atoms with Gasteiger partial charge in [0, 0.05) is 24.9 Å². The third-order valence-corrected chi connectivity index (χ3v) is 6.02. The maximum absolute atomic E-state index is 12.1. The van der Waals surface area contributed by atoms with Crippen molar-refractivity contribution >= 4 is 0 Å². The lowest BCUT2D eigenvalue weighted by molar-refractivity contribution is 0.151. The maximum atomic E-state index is 12.1. The molecule has 2 aliphatic carbocycles. The minimum absolute atomic E-state index is 0.0335. The van der Waals surface area contributed by atoms with E-state index in [-0.39, 0.29) is 5.56 Å². The normalized spacial score (nSPS) is 21.2. The van der Waals surface area contributed by atoms with Crippen molar-refractivity contribution in [2.75, 3.05) is 13.1 Å². The van der Waals surface area contributed by atoms with Crippen LogP contribution in [0.15, 0.2) is 21.3 Å². The lowest BCUT2D eigenvalue weighted by Crippen LogP contribution is -2.36. The Morgan fingerprint density at radius 3 is 2.73 bits per heavy atom. The third-order valence-electron chi connectivity index (χ3n) is 6.02. The molecule has 2 aromatic heterocycles. The van der Waals surface area contributed by atoms with Crippen LogP contribution in [0.3, 0.4) is 0 Å². The Labute approximate surface area is 153 Å². The predicted octanol–water partition coefficient (Wildman–Crippen LogP) is 2.51. The molecule has 0 radical (unpaired) electrons. The Balaban J connectivity index is 1.17. The predicted molar refractivity (Wildman–Crippen MR) is 97.0 cm³/mol. The molecule has 3 aliphatic rings. The molecule has 0 atom stereocenters. The smallest absolute Gasteiger partial charge is 0.266 e. The summed E-state index contributed by atoms with van der Waals surface area (Å²) in [5.74, 6) is 3.10. The van der Waals surface area contributed by atoms with Crippen molar-refractivity contribution in [3.63, 3.8) is 0 Å². The average Bonchev–Trinajstić information content (AvgIpc) is 3.29. The van der Waals surface area contributed by atoms with Gasteiger partial charge in [-0.05, 0) is 63.6 Å². The van der Waals surface area contributed by atoms with Crippen LogP contribution >= 0.6 is 0 Å². The van der Waals surface area contributed by atoms with Gasteiger partial charge in [0.1, 0.15) is 5.76 Å². The molecule has 1 saturated carbocycles. The second-order valence-corrected chi connectivity index (χ2v) is 8.10. The molecular weight excluding hydrogens is 328 g/mol. The van der Waals surface area contributed by atoms with Gasteiger partial charge in [0.25, 0.3) is 5.56 Å². The first kappa shape index (κ1) is 16.2. The van der Waals surface area contributed by atoms with Crippen molar-refractivity contribution in [3.8, 4) is 0 Å². The number of hydrogen-bond acceptors (Lipinski definition) is 5. The highest BCUT2D eigenvalue weighted by Crippen LogP contribution is 2.38. The number of likely N-dealkylation sites (tertiary alicyclic amines) is 1. The first-order valence-corrected chi connectivity index (χ1v) is 10.0. The molecule has 5 rings (SSSR count). The number of piperidine rings is 1. The zero-order valence-corrected chi connectivity index (χ0v) is 15.2. The molecular formula is C20H26N4O2. The molecule has 0 aromatic carbocycles. The van der Waals surface area contributed by atoms with Crippen molar-refractivity contribution in [2.45, 2.75) is 64.0 Å². The van der Waals surface area contributed by atoms with E-state index in [4.69, 9.17) is 4.42 Å². The van der Waals surface area contributed by atoms with E-state index in [1.807, 2.05) is 6.07 Å². The molecule has 0 spiro atoms. The largest absolute Gasteiger partial charge is 0.444 e. The highest BCUT2D eigenvalue weighted by atomic mass is 16.4. The van der Waals surface area contributed by atoms with E-state index >= 15 is 0 Å². The van der Waals surface area contributed by atoms with Crippen LogP contribution in [0, 0.1) is 5.92 Å². The van der Waals surface area contributed by atoms with Gasteiger partial charge in [-0.25, -0.2) is 9.67 Å². The Kier molecular flexibility index (Phi) is 4.15. The second kappa shape index (κ2) is 6.65. The van der Waals surface area contributed by atoms with Crippen molar-refractivity contribution in [1.29, 1.82) is 0 Å². The fourth-order valence-corrected chi connectivity index (χ4v) is 4.27. The summed E-state index contributed by atoms with van der Waals surface area (Å²) in [7, 11) is 0. The summed E-state index contributed by atoms with van der Waals surface area (Å²) in [5.41, 5.74) is 2.31. The van der Waals surface area contributed by atoms with Crippen molar-refractivity contribution in [1.82, 2.24) is 19.7 Å². The first-order valence-electron chi connectivity index (χ1n) is 10.0. The summed E-state index contributed by atoms with van der Waals surface area (Å²) < 4.78 is 7.60. The Bertz CT molecular complexity index is 822. The van der Waals surface area contributed by atoms with Gasteiger partial charge in [0.05, 0.1) is 17.9 Å². The topological polar surface area (TPSA) is 64.2 Å². The van der Waals surface area contributed by atoms with Gasteiger partial charge in [-0.3, -0.25) is 9.69 Å². The molecule has 2 fully saturated rings. The second-order valence-electron chi connectivity index (χ2n) is 8.10. The molecule has 3 heterocycles. The molecule has 2 aromatic rings. The number of rotatable bonds is 5. The zero-order valence-electron chi connectivity index (χ0n) is 15.2. The molecule has 6 heteroatoms. The summed E-state index contributed by atoms with van der Waals surface area (Å²) >= 11 is 0. The number of fused-ring (bicyclic) bond motifs is 1. The summed E-state index contributed by atoms with van der Waals surface area (Å²) in [6.45, 7) is 3.64. The summed E-state index contributed by atoms with van der Waals surface area (Å²) in [4.78, 5) is 19.2. The summed E-state index contributed by atoms with van der Waals surface area (Å²) in [5, 5.41) is 4.61. The van der Waals surface area contributed by atoms with Gasteiger partial charge in [-0.2, -0.15) is 5.10 Å². The van der Waals surface area contributed by atoms with E-state index in [9.17, 15) is 4.79 Å². The maximum Gasteiger partial charge on any atom is 0.266 e. The van der Waals surface area contributed by atoms with E-state index in [1.165, 1.54) is 25.0 Å². The Hall–Kier alpha value is -1.95. The lowest BCUT2D eigenvalue weighted by Gasteiger charge is -2.31. The Morgan fingerprint density at radius 2 is 1.96 bits per heavy atom. The van der Waals surface area contributed by atoms with Crippen LogP contribution in [-0.2, 0) is 25.9 Å². The quantitative estimate of drug-likeness (QED) is 0.825. The molecule has 0 N–H and O–H groups in total. The Morgan fingerprint density at radius 1 is 1.12 bits per heavy atom. The highest BCUT2D eigenvalue weighted by molar-refractivity contribution is 5.15. The van der Waals surface area contributed by atoms with Gasteiger partial charge in [-0.1, -0.05) is 0 Å². The van der Waals surface area contributed by atoms with Crippen molar-refractivity contribution in [2.24, 2.45) is 5.92 Å². The SMILES string of the molecule is O=c1ccc(C2CC2)nn1CC1CCN(Cc2nc3c(o2)CCC3)CC1. The van der Waals surface area contributed by atoms with E-state index in [2.05, 4.69) is 15.0 Å². The first-order chi connectivity index (χ1) is 12.7. The van der Waals surface area contributed by atoms with Gasteiger partial charge in [0.2, 0.25) is 5.89 Å². The molecule has 0 unspecified atom stereocenters. The van der Waals surface area contributed by atoms with Crippen LogP contribution in [-0.4, -0.2) is 32.8 Å². The van der Waals surface area contributed by atoms with E-state index in [0.717, 1.165) is 69.2 Å². The summed E-state index contributed by atoms with van der Waals surface area (Å²) in [6.07, 6.45) is 7.93. The molecule has 138 valence electrons. The molecule has 0 bridgehead atoms. The number of aryl methyl sites for hydroxylation is 2. The van der Waals surface area contributed by atoms with E-state index in [1.54, 1.807) is 10.7 Å². The van der Waals surface area contributed by atoms with E-state index < -0.39 is 0 Å². The van der Waals surface area contributed by atoms with Crippen LogP contribution in [0.4, 0.5) is 0 Å². The third kappa shape index (κ3) is 3.34. The number of oxazole rings is 1. The molecule has 6 nitrogen and oxygen atoms in total. The molecule has 0 amide bonds. The van der Waals surface area contributed by atoms with Crippen molar-refractivity contribution < 1.29 is 4.42 Å². The van der Waals surface area contributed by atoms with Gasteiger partial charge >= 0.3 is 0 Å². The van der Waals surface area contributed by atoms with Crippen LogP contribution < -0.4 is 5.56 Å². The number of aromatic nitrogens is 3. The number of hydrogen-bond donors (Lipinski definition) is 0. The fraction of sp³-hybridized carbons (Fsp3) is 0.650. The van der Waals surface area contributed by atoms with E-state index in [0.29, 0.717) is 11.8 Å². The lowest BCUT2D eigenvalue weighted by atomic mass is 9.97. The average molecular weight is 354 g/mol. The van der Waals surface area contributed by atoms with Crippen LogP contribution in [0.25, 0.3) is 0 Å². The van der Waals surface area contributed by atoms with Gasteiger partial charge < -0.3 is 4.42 Å². The minimum Gasteiger partial charge on any atom is -0.444 e. The fourth-order valence-electron chi connectivity index (χ4n) is 4.27. The standard InChI is InChI=1S/C20H26N4O2/c25-20-7-6-16(15-4-5-15)22-24(20)12-14-8-10-23(11-9-14)13-19-21-17-2-1-3-18(17)26-19/h6-7,14-15H,1-5,8-13H2. The molecule has 26 heavy (non-hydrogen) atoms. The summed E-state index contributed by atoms with van der Waals surface area (Å²) in [6, 6.07) is 3.60. The minimum atomic E-state index is 0.0335.